The Balaban J connectivity index is 1.65. The predicted octanol–water partition coefficient (Wildman–Crippen LogP) is 5.17. The minimum atomic E-state index is -0.936. The molecule has 0 aliphatic carbocycles. The van der Waals surface area contributed by atoms with Gasteiger partial charge in [0.2, 0.25) is 5.91 Å². The second-order valence-electron chi connectivity index (χ2n) is 11.7. The molecule has 0 bridgehead atoms. The van der Waals surface area contributed by atoms with Crippen molar-refractivity contribution >= 4 is 11.7 Å². The first kappa shape index (κ1) is 36.8. The number of benzene rings is 3. The highest BCUT2D eigenvalue weighted by molar-refractivity contribution is 5.81. The fourth-order valence-corrected chi connectivity index (χ4v) is 5.64. The highest BCUT2D eigenvalue weighted by atomic mass is 16.7. The van der Waals surface area contributed by atoms with E-state index in [4.69, 9.17) is 38.0 Å². The normalized spacial score (nSPS) is 21.3. The topological polar surface area (TPSA) is 111 Å². The van der Waals surface area contributed by atoms with Crippen molar-refractivity contribution in [1.82, 2.24) is 5.06 Å². The molecule has 11 nitrogen and oxygen atoms in total. The lowest BCUT2D eigenvalue weighted by Gasteiger charge is -2.47. The van der Waals surface area contributed by atoms with Gasteiger partial charge in [-0.2, -0.15) is 0 Å². The zero-order chi connectivity index (χ0) is 34.6. The fourth-order valence-electron chi connectivity index (χ4n) is 5.64. The zero-order valence-corrected chi connectivity index (χ0v) is 28.8. The largest absolute Gasteiger partial charge is 0.497 e. The van der Waals surface area contributed by atoms with E-state index in [1.165, 1.54) is 21.1 Å². The number of carbonyl (C=O) groups excluding carboxylic acids is 2. The third-order valence-corrected chi connectivity index (χ3v) is 8.55. The molecule has 4 rings (SSSR count). The van der Waals surface area contributed by atoms with Crippen molar-refractivity contribution in [3.05, 3.63) is 89.5 Å². The van der Waals surface area contributed by atoms with Gasteiger partial charge < -0.3 is 33.2 Å². The molecular weight excluding hydrogens is 618 g/mol. The average molecular weight is 666 g/mol. The van der Waals surface area contributed by atoms with Crippen LogP contribution in [0.3, 0.4) is 0 Å². The molecule has 1 fully saturated rings. The van der Waals surface area contributed by atoms with Crippen LogP contribution in [0.5, 0.6) is 17.2 Å². The summed E-state index contributed by atoms with van der Waals surface area (Å²) >= 11 is 0. The maximum Gasteiger partial charge on any atom is 0.248 e. The van der Waals surface area contributed by atoms with Crippen molar-refractivity contribution in [2.24, 2.45) is 5.92 Å². The summed E-state index contributed by atoms with van der Waals surface area (Å²) in [6, 6.07) is 22.6. The quantitative estimate of drug-likeness (QED) is 0.179. The minimum absolute atomic E-state index is 0.0770. The molecule has 3 aromatic carbocycles. The Kier molecular flexibility index (Phi) is 13.8. The molecule has 1 amide bonds. The lowest BCUT2D eigenvalue weighted by Crippen LogP contribution is -2.60. The van der Waals surface area contributed by atoms with Gasteiger partial charge in [-0.15, -0.1) is 0 Å². The third-order valence-electron chi connectivity index (χ3n) is 8.55. The van der Waals surface area contributed by atoms with Gasteiger partial charge in [0.15, 0.2) is 5.78 Å². The Morgan fingerprint density at radius 2 is 1.15 bits per heavy atom. The molecule has 0 unspecified atom stereocenters. The van der Waals surface area contributed by atoms with Gasteiger partial charge in [0.1, 0.15) is 29.5 Å². The highest BCUT2D eigenvalue weighted by Crippen LogP contribution is 2.36. The number of rotatable bonds is 17. The minimum Gasteiger partial charge on any atom is -0.497 e. The molecule has 260 valence electrons. The summed E-state index contributed by atoms with van der Waals surface area (Å²) in [7, 11) is 7.78. The number of Topliss-reactive ketones (excluding diaryl/α,β-unsaturated/α-hetero) is 1. The van der Waals surface area contributed by atoms with E-state index in [-0.39, 0.29) is 43.8 Å². The predicted molar refractivity (Wildman–Crippen MR) is 178 cm³/mol. The molecule has 48 heavy (non-hydrogen) atoms. The maximum atomic E-state index is 13.2. The van der Waals surface area contributed by atoms with Crippen LogP contribution in [0.4, 0.5) is 0 Å². The van der Waals surface area contributed by atoms with Crippen molar-refractivity contribution in [1.29, 1.82) is 0 Å². The second-order valence-corrected chi connectivity index (χ2v) is 11.7. The van der Waals surface area contributed by atoms with Gasteiger partial charge in [0, 0.05) is 13.0 Å². The lowest BCUT2D eigenvalue weighted by molar-refractivity contribution is -0.253. The van der Waals surface area contributed by atoms with Crippen LogP contribution in [0.25, 0.3) is 0 Å². The average Bonchev–Trinajstić information content (AvgIpc) is 3.11. The van der Waals surface area contributed by atoms with Crippen LogP contribution < -0.4 is 14.2 Å². The molecule has 0 saturated carbocycles. The first-order chi connectivity index (χ1) is 23.2. The van der Waals surface area contributed by atoms with Crippen LogP contribution in [0.1, 0.15) is 37.0 Å². The summed E-state index contributed by atoms with van der Waals surface area (Å²) in [5, 5.41) is 1.15. The monoisotopic (exact) mass is 665 g/mol. The van der Waals surface area contributed by atoms with Crippen molar-refractivity contribution in [2.75, 3.05) is 35.5 Å². The molecule has 1 saturated heterocycles. The Labute approximate surface area is 282 Å². The van der Waals surface area contributed by atoms with Gasteiger partial charge >= 0.3 is 0 Å². The lowest BCUT2D eigenvalue weighted by atomic mass is 9.83. The number of hydrogen-bond acceptors (Lipinski definition) is 10. The molecule has 0 aromatic heterocycles. The molecule has 1 aliphatic heterocycles. The smallest absolute Gasteiger partial charge is 0.248 e. The van der Waals surface area contributed by atoms with Crippen LogP contribution in [0.15, 0.2) is 72.8 Å². The number of carbonyl (C=O) groups is 2. The summed E-state index contributed by atoms with van der Waals surface area (Å²) in [6.45, 7) is 4.09. The number of hydroxylamine groups is 2. The van der Waals surface area contributed by atoms with Crippen LogP contribution in [0.2, 0.25) is 0 Å². The van der Waals surface area contributed by atoms with Crippen LogP contribution in [0, 0.1) is 5.92 Å². The number of ketones is 1. The molecular formula is C37H47NO10. The molecule has 3 aromatic rings. The number of ether oxygens (including phenoxy) is 7. The van der Waals surface area contributed by atoms with Crippen molar-refractivity contribution in [3.63, 3.8) is 0 Å². The van der Waals surface area contributed by atoms with Gasteiger partial charge in [-0.3, -0.25) is 14.4 Å². The summed E-state index contributed by atoms with van der Waals surface area (Å²) in [4.78, 5) is 31.6. The summed E-state index contributed by atoms with van der Waals surface area (Å²) in [5.41, 5.74) is 2.69. The van der Waals surface area contributed by atoms with Gasteiger partial charge in [0.25, 0.3) is 0 Å². The van der Waals surface area contributed by atoms with E-state index in [1.54, 1.807) is 21.3 Å². The second kappa shape index (κ2) is 18.0. The Morgan fingerprint density at radius 3 is 1.56 bits per heavy atom. The van der Waals surface area contributed by atoms with E-state index >= 15 is 0 Å². The first-order valence-electron chi connectivity index (χ1n) is 15.9. The molecule has 1 aliphatic rings. The zero-order valence-electron chi connectivity index (χ0n) is 28.8. The fraction of sp³-hybridized carbons (Fsp3) is 0.459. The first-order valence-corrected chi connectivity index (χ1v) is 15.9. The summed E-state index contributed by atoms with van der Waals surface area (Å²) < 4.78 is 42.0. The molecule has 0 radical (unpaired) electrons. The van der Waals surface area contributed by atoms with Crippen LogP contribution in [-0.4, -0.2) is 82.8 Å². The standard InChI is InChI=1S/C37H47NO10/c1-24-34(45-21-26-8-14-29(41-4)15-9-26)37(47-23-28-12-18-31(43-6)19-13-28)32(20-33(40)38(3)44-7)48-35(24)36(25(2)39)46-22-27-10-16-30(42-5)17-11-27/h8-19,24,32,34-37H,20-23H2,1-7H3/t24-,32-,34-,35-,36-,37-/m1/s1. The van der Waals surface area contributed by atoms with E-state index in [9.17, 15) is 9.59 Å². The van der Waals surface area contributed by atoms with Gasteiger partial charge in [-0.1, -0.05) is 43.3 Å². The summed E-state index contributed by atoms with van der Waals surface area (Å²) in [5.74, 6) is 1.29. The Morgan fingerprint density at radius 1 is 0.708 bits per heavy atom. The van der Waals surface area contributed by atoms with Gasteiger partial charge in [-0.05, 0) is 60.0 Å². The Hall–Kier alpha value is -4.00. The van der Waals surface area contributed by atoms with Crippen molar-refractivity contribution < 1.29 is 47.6 Å². The number of methoxy groups -OCH3 is 3. The molecule has 0 spiro atoms. The van der Waals surface area contributed by atoms with E-state index < -0.39 is 30.5 Å². The third kappa shape index (κ3) is 9.77. The summed E-state index contributed by atoms with van der Waals surface area (Å²) in [6.07, 6.45) is -3.81. The van der Waals surface area contributed by atoms with Gasteiger partial charge in [0.05, 0.1) is 73.0 Å². The maximum absolute atomic E-state index is 13.2. The highest BCUT2D eigenvalue weighted by Gasteiger charge is 2.50. The van der Waals surface area contributed by atoms with Gasteiger partial charge in [-0.25, -0.2) is 5.06 Å². The molecule has 1 heterocycles. The number of amides is 1. The van der Waals surface area contributed by atoms with E-state index in [2.05, 4.69) is 0 Å². The molecule has 11 heteroatoms. The SMILES string of the molecule is COc1ccc(CO[C@@H]2[C@@H](C)[C@H]([C@H](OCc3ccc(OC)cc3)C(C)=O)O[C@H](CC(=O)N(C)OC)[C@H]2OCc2ccc(OC)cc2)cc1. The van der Waals surface area contributed by atoms with E-state index in [1.807, 2.05) is 79.7 Å². The molecule has 6 atom stereocenters. The number of hydrogen-bond donors (Lipinski definition) is 0. The van der Waals surface area contributed by atoms with E-state index in [0.717, 1.165) is 39.0 Å². The van der Waals surface area contributed by atoms with E-state index in [0.29, 0.717) is 0 Å². The van der Waals surface area contributed by atoms with Crippen LogP contribution in [-0.2, 0) is 53.2 Å². The number of nitrogens with zero attached hydrogens (tertiary/aromatic N) is 1. The molecule has 0 N–H and O–H groups in total. The van der Waals surface area contributed by atoms with Crippen molar-refractivity contribution in [2.45, 2.75) is 70.6 Å². The van der Waals surface area contributed by atoms with Crippen LogP contribution >= 0.6 is 0 Å². The van der Waals surface area contributed by atoms with Crippen molar-refractivity contribution in [3.8, 4) is 17.2 Å². The Bertz CT molecular complexity index is 1430.